The Morgan fingerprint density at radius 2 is 1.04 bits per heavy atom. The van der Waals surface area contributed by atoms with Gasteiger partial charge in [0, 0.05) is 73.5 Å². The zero-order valence-corrected chi connectivity index (χ0v) is 53.7. The molecular weight excluding hydrogens is 1160 g/mol. The van der Waals surface area contributed by atoms with E-state index in [1.54, 1.807) is 69.9 Å². The van der Waals surface area contributed by atoms with E-state index < -0.39 is 32.5 Å². The summed E-state index contributed by atoms with van der Waals surface area (Å²) in [6.45, 7) is 27.2. The number of furan rings is 3. The molecule has 1 saturated heterocycles. The highest BCUT2D eigenvalue weighted by Crippen LogP contribution is 2.46. The van der Waals surface area contributed by atoms with Gasteiger partial charge in [-0.15, -0.1) is 0 Å². The highest BCUT2D eigenvalue weighted by Gasteiger charge is 2.29. The average molecular weight is 1250 g/mol. The standard InChI is InChI=1S/C69H83N8O12P/c1-9-81-67(78)61-42-53(64-22-16-34-84-64)39-56(71-61)45-74-30-19-32-75(46-57-40-54(65-23-17-35-85-65)43-62(72-57)68(79)82-10-2)48-60(49-76(33-20-31-74)47-58-41-55(66-24-18-36-86-66)44-63(73-58)69(80)83-11-3)89-59-27-25-52(26-28-59)21-14-12-13-15-37-87-90(88-38-29-70-8)77(50(4)5)51(6)7/h16-18,22-28,34-36,39-44,50-51,60H,9-13,15,19-20,29-33,37-38,45-49H2,1-7H3. The smallest absolute Gasteiger partial charge is 0.356 e. The number of rotatable bonds is 28. The Bertz CT molecular complexity index is 3330. The van der Waals surface area contributed by atoms with Crippen LogP contribution in [0, 0.1) is 18.4 Å². The lowest BCUT2D eigenvalue weighted by molar-refractivity contribution is 0.0509. The number of nitrogens with zero attached hydrogens (tertiary/aromatic N) is 8. The first kappa shape index (κ1) is 67.9. The van der Waals surface area contributed by atoms with Crippen molar-refractivity contribution in [1.82, 2.24) is 34.3 Å². The molecule has 0 aliphatic carbocycles. The first-order valence-corrected chi connectivity index (χ1v) is 32.2. The van der Waals surface area contributed by atoms with Gasteiger partial charge in [0.2, 0.25) is 6.54 Å². The number of hydrogen-bond donors (Lipinski definition) is 0. The number of carbonyl (C=O) groups is 3. The van der Waals surface area contributed by atoms with Crippen molar-refractivity contribution >= 4 is 26.4 Å². The van der Waals surface area contributed by atoms with Gasteiger partial charge in [-0.05, 0) is 197 Å². The van der Waals surface area contributed by atoms with E-state index in [-0.39, 0.29) is 49.0 Å². The molecule has 0 N–H and O–H groups in total. The van der Waals surface area contributed by atoms with E-state index in [0.29, 0.717) is 142 Å². The van der Waals surface area contributed by atoms with Crippen molar-refractivity contribution in [3.63, 3.8) is 0 Å². The molecule has 7 heterocycles. The average Bonchev–Trinajstić information content (AvgIpc) is 1.79. The maximum atomic E-state index is 13.4. The number of pyridine rings is 3. The quantitative estimate of drug-likeness (QED) is 0.0112. The lowest BCUT2D eigenvalue weighted by atomic mass is 10.1. The predicted octanol–water partition coefficient (Wildman–Crippen LogP) is 13.0. The third-order valence-corrected chi connectivity index (χ3v) is 16.5. The fourth-order valence-electron chi connectivity index (χ4n) is 10.6. The van der Waals surface area contributed by atoms with Crippen molar-refractivity contribution in [2.24, 2.45) is 0 Å². The van der Waals surface area contributed by atoms with Crippen molar-refractivity contribution in [3.8, 4) is 51.6 Å². The van der Waals surface area contributed by atoms with Crippen LogP contribution in [0.25, 0.3) is 38.8 Å². The molecule has 0 saturated carbocycles. The zero-order chi connectivity index (χ0) is 63.6. The van der Waals surface area contributed by atoms with Gasteiger partial charge in [0.25, 0.3) is 8.53 Å². The number of esters is 3. The summed E-state index contributed by atoms with van der Waals surface area (Å²) in [6.07, 6.45) is 8.14. The van der Waals surface area contributed by atoms with Gasteiger partial charge in [-0.2, -0.15) is 0 Å². The second-order valence-corrected chi connectivity index (χ2v) is 23.6. The fourth-order valence-corrected chi connectivity index (χ4v) is 12.2. The summed E-state index contributed by atoms with van der Waals surface area (Å²) >= 11 is 0. The van der Waals surface area contributed by atoms with Crippen LogP contribution >= 0.6 is 8.53 Å². The Kier molecular flexibility index (Phi) is 26.7. The molecule has 7 aromatic rings. The number of carbonyl (C=O) groups excluding carboxylic acids is 3. The van der Waals surface area contributed by atoms with Crippen LogP contribution in [0.15, 0.2) is 129 Å². The summed E-state index contributed by atoms with van der Waals surface area (Å²) in [4.78, 5) is 65.2. The van der Waals surface area contributed by atoms with Crippen LogP contribution in [0.1, 0.15) is 135 Å². The van der Waals surface area contributed by atoms with Crippen LogP contribution in [0.4, 0.5) is 0 Å². The molecule has 476 valence electrons. The largest absolute Gasteiger partial charge is 0.488 e. The first-order chi connectivity index (χ1) is 43.8. The van der Waals surface area contributed by atoms with Gasteiger partial charge in [-0.1, -0.05) is 11.8 Å². The Morgan fingerprint density at radius 1 is 0.611 bits per heavy atom. The third-order valence-electron chi connectivity index (χ3n) is 14.4. The van der Waals surface area contributed by atoms with Crippen LogP contribution < -0.4 is 4.74 Å². The first-order valence-electron chi connectivity index (χ1n) is 31.0. The molecule has 20 nitrogen and oxygen atoms in total. The molecule has 8 rings (SSSR count). The molecule has 1 aromatic carbocycles. The van der Waals surface area contributed by atoms with Gasteiger partial charge >= 0.3 is 17.9 Å². The van der Waals surface area contributed by atoms with Gasteiger partial charge in [-0.25, -0.2) is 40.6 Å². The molecular formula is C69H83N8O12P. The topological polar surface area (TPSA) is 202 Å². The van der Waals surface area contributed by atoms with Gasteiger partial charge in [0.15, 0.2) is 0 Å². The van der Waals surface area contributed by atoms with Crippen molar-refractivity contribution < 1.29 is 55.6 Å². The second-order valence-electron chi connectivity index (χ2n) is 22.1. The molecule has 0 spiro atoms. The highest BCUT2D eigenvalue weighted by atomic mass is 31.2. The molecule has 1 unspecified atom stereocenters. The van der Waals surface area contributed by atoms with Crippen molar-refractivity contribution in [2.75, 3.05) is 78.8 Å². The summed E-state index contributed by atoms with van der Waals surface area (Å²) in [7, 11) is -1.29. The molecule has 90 heavy (non-hydrogen) atoms. The molecule has 1 aliphatic rings. The monoisotopic (exact) mass is 1250 g/mol. The van der Waals surface area contributed by atoms with E-state index in [1.165, 1.54) is 0 Å². The Hall–Kier alpha value is -8.04. The molecule has 1 atom stereocenters. The predicted molar refractivity (Wildman–Crippen MR) is 343 cm³/mol. The van der Waals surface area contributed by atoms with E-state index in [1.807, 2.05) is 66.7 Å². The molecule has 0 bridgehead atoms. The van der Waals surface area contributed by atoms with Crippen LogP contribution in [-0.4, -0.2) is 149 Å². The van der Waals surface area contributed by atoms with Crippen molar-refractivity contribution in [1.29, 1.82) is 0 Å². The minimum absolute atomic E-state index is 0.166. The number of ether oxygens (including phenoxy) is 4. The van der Waals surface area contributed by atoms with Crippen LogP contribution in [0.2, 0.25) is 0 Å². The van der Waals surface area contributed by atoms with E-state index in [9.17, 15) is 14.4 Å². The maximum absolute atomic E-state index is 13.4. The summed E-state index contributed by atoms with van der Waals surface area (Å²) in [6, 6.07) is 30.2. The van der Waals surface area contributed by atoms with E-state index in [4.69, 9.17) is 62.8 Å². The minimum atomic E-state index is -1.29. The lowest BCUT2D eigenvalue weighted by Crippen LogP contribution is -2.45. The maximum Gasteiger partial charge on any atom is 0.356 e. The molecule has 1 aliphatic heterocycles. The van der Waals surface area contributed by atoms with Crippen molar-refractivity contribution in [3.05, 3.63) is 167 Å². The van der Waals surface area contributed by atoms with Crippen LogP contribution in [0.5, 0.6) is 5.75 Å². The Balaban J connectivity index is 1.09. The van der Waals surface area contributed by atoms with Gasteiger partial charge in [0.05, 0.1) is 62.3 Å². The minimum Gasteiger partial charge on any atom is -0.488 e. The number of aromatic nitrogens is 3. The van der Waals surface area contributed by atoms with Gasteiger partial charge in [-0.3, -0.25) is 14.7 Å². The second kappa shape index (κ2) is 35.4. The third kappa shape index (κ3) is 20.8. The summed E-state index contributed by atoms with van der Waals surface area (Å²) in [5, 5.41) is 0. The van der Waals surface area contributed by atoms with E-state index in [0.717, 1.165) is 31.2 Å². The van der Waals surface area contributed by atoms with Gasteiger partial charge in [0.1, 0.15) is 52.8 Å². The Morgan fingerprint density at radius 3 is 1.46 bits per heavy atom. The van der Waals surface area contributed by atoms with E-state index in [2.05, 4.69) is 63.8 Å². The number of hydrogen-bond acceptors (Lipinski definition) is 19. The molecule has 1 fully saturated rings. The highest BCUT2D eigenvalue weighted by molar-refractivity contribution is 7.44. The van der Waals surface area contributed by atoms with Crippen LogP contribution in [0.3, 0.4) is 0 Å². The Labute approximate surface area is 529 Å². The number of benzene rings is 1. The molecule has 0 amide bonds. The van der Waals surface area contributed by atoms with Crippen LogP contribution in [-0.2, 0) is 42.9 Å². The molecule has 21 heteroatoms. The van der Waals surface area contributed by atoms with E-state index >= 15 is 0 Å². The fraction of sp³-hybridized carbons (Fsp3) is 0.435. The summed E-state index contributed by atoms with van der Waals surface area (Å²) < 4.78 is 55.6. The summed E-state index contributed by atoms with van der Waals surface area (Å²) in [5.41, 5.74) is 5.42. The summed E-state index contributed by atoms with van der Waals surface area (Å²) in [5.74, 6) is 7.52. The van der Waals surface area contributed by atoms with Crippen molar-refractivity contribution in [2.45, 2.75) is 118 Å². The molecule has 6 aromatic heterocycles. The SMILES string of the molecule is [C-]#[N+]CCOP(OCCCCC#Cc1ccc(OC2CN(Cc3cc(-c4ccco4)cc(C(=O)OCC)n3)CCCN(Cc3cc(-c4ccco4)cc(C(=O)OCC)n3)CCCN(Cc3cc(-c4ccco4)cc(C(=O)OCC)n3)C2)cc1)N(C(C)C)C(C)C. The number of unbranched alkanes of at least 4 members (excludes halogenated alkanes) is 2. The normalized spacial score (nSPS) is 14.3. The van der Waals surface area contributed by atoms with Gasteiger partial charge < -0.3 is 46.1 Å². The lowest BCUT2D eigenvalue weighted by Gasteiger charge is -2.35. The molecule has 0 radical (unpaired) electrons. The zero-order valence-electron chi connectivity index (χ0n) is 52.8.